The predicted octanol–water partition coefficient (Wildman–Crippen LogP) is -0.656. The molecule has 4 rings (SSSR count). The highest BCUT2D eigenvalue weighted by molar-refractivity contribution is 5.75. The van der Waals surface area contributed by atoms with Crippen LogP contribution in [0.25, 0.3) is 11.2 Å². The third-order valence-electron chi connectivity index (χ3n) is 4.65. The Labute approximate surface area is 120 Å². The molecule has 112 valence electrons. The van der Waals surface area contributed by atoms with Crippen LogP contribution in [0.4, 0.5) is 0 Å². The summed E-state index contributed by atoms with van der Waals surface area (Å²) in [6.45, 7) is 2.37. The van der Waals surface area contributed by atoms with E-state index in [1.807, 2.05) is 11.5 Å². The molecule has 2 fully saturated rings. The summed E-state index contributed by atoms with van der Waals surface area (Å²) >= 11 is 0. The number of aliphatic hydroxyl groups excluding tert-OH is 2. The van der Waals surface area contributed by atoms with Gasteiger partial charge in [-0.25, -0.2) is 9.97 Å². The molecule has 0 aromatic carbocycles. The van der Waals surface area contributed by atoms with E-state index in [9.17, 15) is 10.2 Å². The Morgan fingerprint density at radius 3 is 2.81 bits per heavy atom. The molecule has 2 aliphatic rings. The maximum absolute atomic E-state index is 10.2. The van der Waals surface area contributed by atoms with E-state index in [1.54, 1.807) is 6.33 Å². The van der Waals surface area contributed by atoms with Crippen molar-refractivity contribution in [2.24, 2.45) is 5.92 Å². The number of imidazole rings is 1. The monoisotopic (exact) mass is 292 g/mol. The summed E-state index contributed by atoms with van der Waals surface area (Å²) in [6, 6.07) is 0. The molecule has 0 spiro atoms. The maximum atomic E-state index is 10.2. The van der Waals surface area contributed by atoms with Crippen molar-refractivity contribution < 1.29 is 19.7 Å². The average molecular weight is 292 g/mol. The molecule has 0 bridgehead atoms. The molecule has 2 aromatic heterocycles. The van der Waals surface area contributed by atoms with Gasteiger partial charge in [-0.05, 0) is 6.92 Å². The predicted molar refractivity (Wildman–Crippen MR) is 70.7 cm³/mol. The topological polar surface area (TPSA) is 106 Å². The van der Waals surface area contributed by atoms with Gasteiger partial charge in [0.25, 0.3) is 0 Å². The molecule has 0 unspecified atom stereocenters. The fraction of sp³-hybridized carbons (Fsp3) is 0.615. The number of hydrogen-bond donors (Lipinski definition) is 2. The molecule has 0 radical (unpaired) electrons. The lowest BCUT2D eigenvalue weighted by Crippen LogP contribution is -2.36. The molecule has 3 heterocycles. The number of fused-ring (bicyclic) bond motifs is 2. The molecular formula is C13H16N4O4. The van der Waals surface area contributed by atoms with E-state index >= 15 is 0 Å². The molecule has 1 aliphatic heterocycles. The van der Waals surface area contributed by atoms with Crippen molar-refractivity contribution in [3.8, 4) is 5.88 Å². The second kappa shape index (κ2) is 4.12. The minimum Gasteiger partial charge on any atom is -0.479 e. The number of rotatable bonds is 3. The summed E-state index contributed by atoms with van der Waals surface area (Å²) in [7, 11) is 1.53. The van der Waals surface area contributed by atoms with Gasteiger partial charge in [-0.15, -0.1) is 0 Å². The quantitative estimate of drug-likeness (QED) is 0.724. The standard InChI is InChI=1S/C13H16N4O4/c1-13-6(8(18)9(19)10(13)21-13)3-17-5-16-7-11(17)14-4-15-12(7)20-2/h4-6,8-10,18-19H,3H2,1-2H3/t6-,8-,9-,10-,13+/m0/s1. The number of epoxide rings is 1. The smallest absolute Gasteiger partial charge is 0.245 e. The Kier molecular flexibility index (Phi) is 2.54. The van der Waals surface area contributed by atoms with E-state index in [2.05, 4.69) is 15.0 Å². The zero-order valence-electron chi connectivity index (χ0n) is 11.7. The third kappa shape index (κ3) is 1.63. The van der Waals surface area contributed by atoms with Gasteiger partial charge in [0.05, 0.1) is 19.5 Å². The van der Waals surface area contributed by atoms with Crippen LogP contribution in [0.5, 0.6) is 5.88 Å². The van der Waals surface area contributed by atoms with Gasteiger partial charge in [0.15, 0.2) is 11.2 Å². The van der Waals surface area contributed by atoms with E-state index in [1.165, 1.54) is 13.4 Å². The van der Waals surface area contributed by atoms with Gasteiger partial charge in [0, 0.05) is 12.5 Å². The number of aromatic nitrogens is 4. The fourth-order valence-electron chi connectivity index (χ4n) is 3.35. The summed E-state index contributed by atoms with van der Waals surface area (Å²) < 4.78 is 12.5. The number of methoxy groups -OCH3 is 1. The molecule has 8 nitrogen and oxygen atoms in total. The Hall–Kier alpha value is -1.77. The van der Waals surface area contributed by atoms with Crippen LogP contribution in [0.1, 0.15) is 6.92 Å². The van der Waals surface area contributed by atoms with E-state index in [4.69, 9.17) is 9.47 Å². The molecule has 21 heavy (non-hydrogen) atoms. The van der Waals surface area contributed by atoms with Crippen molar-refractivity contribution >= 4 is 11.2 Å². The van der Waals surface area contributed by atoms with E-state index in [0.717, 1.165) is 0 Å². The molecule has 1 saturated carbocycles. The van der Waals surface area contributed by atoms with Crippen LogP contribution in [0.2, 0.25) is 0 Å². The first kappa shape index (κ1) is 12.9. The molecule has 8 heteroatoms. The van der Waals surface area contributed by atoms with Crippen LogP contribution in [-0.4, -0.2) is 60.8 Å². The first-order valence-corrected chi connectivity index (χ1v) is 6.80. The summed E-state index contributed by atoms with van der Waals surface area (Å²) in [5.41, 5.74) is 0.731. The summed E-state index contributed by atoms with van der Waals surface area (Å²) in [4.78, 5) is 12.5. The van der Waals surface area contributed by atoms with Crippen molar-refractivity contribution in [2.75, 3.05) is 7.11 Å². The van der Waals surface area contributed by atoms with Crippen molar-refractivity contribution in [1.29, 1.82) is 0 Å². The Balaban J connectivity index is 1.69. The Bertz CT molecular complexity index is 705. The van der Waals surface area contributed by atoms with E-state index in [0.29, 0.717) is 23.6 Å². The van der Waals surface area contributed by atoms with Crippen molar-refractivity contribution in [2.45, 2.75) is 37.4 Å². The molecule has 1 saturated heterocycles. The molecule has 5 atom stereocenters. The minimum absolute atomic E-state index is 0.212. The van der Waals surface area contributed by atoms with Gasteiger partial charge >= 0.3 is 0 Å². The highest BCUT2D eigenvalue weighted by atomic mass is 16.6. The van der Waals surface area contributed by atoms with Gasteiger partial charge < -0.3 is 24.3 Å². The van der Waals surface area contributed by atoms with Crippen molar-refractivity contribution in [3.63, 3.8) is 0 Å². The van der Waals surface area contributed by atoms with Gasteiger partial charge in [-0.3, -0.25) is 0 Å². The lowest BCUT2D eigenvalue weighted by Gasteiger charge is -2.23. The van der Waals surface area contributed by atoms with Crippen molar-refractivity contribution in [1.82, 2.24) is 19.5 Å². The minimum atomic E-state index is -0.834. The van der Waals surface area contributed by atoms with Gasteiger partial charge in [-0.1, -0.05) is 0 Å². The normalized spacial score (nSPS) is 37.7. The maximum Gasteiger partial charge on any atom is 0.245 e. The second-order valence-corrected chi connectivity index (χ2v) is 5.76. The van der Waals surface area contributed by atoms with E-state index in [-0.39, 0.29) is 12.0 Å². The Morgan fingerprint density at radius 1 is 1.33 bits per heavy atom. The van der Waals surface area contributed by atoms with Gasteiger partial charge in [0.1, 0.15) is 24.1 Å². The van der Waals surface area contributed by atoms with Crippen molar-refractivity contribution in [3.05, 3.63) is 12.7 Å². The second-order valence-electron chi connectivity index (χ2n) is 5.76. The third-order valence-corrected chi connectivity index (χ3v) is 4.65. The van der Waals surface area contributed by atoms with Gasteiger partial charge in [0.2, 0.25) is 5.88 Å². The summed E-state index contributed by atoms with van der Waals surface area (Å²) in [5.74, 6) is 0.202. The first-order chi connectivity index (χ1) is 10.1. The highest BCUT2D eigenvalue weighted by Gasteiger charge is 2.70. The molecule has 1 aliphatic carbocycles. The average Bonchev–Trinajstić information content (AvgIpc) is 2.95. The SMILES string of the molecule is COc1ncnc2c1ncn2C[C@H]1[C@H](O)[C@H](O)[C@@H]2O[C@]12C. The van der Waals surface area contributed by atoms with E-state index < -0.39 is 17.8 Å². The summed E-state index contributed by atoms with van der Waals surface area (Å²) in [6.07, 6.45) is 1.13. The number of hydrogen-bond acceptors (Lipinski definition) is 7. The zero-order valence-corrected chi connectivity index (χ0v) is 11.7. The van der Waals surface area contributed by atoms with Crippen LogP contribution in [0.15, 0.2) is 12.7 Å². The lowest BCUT2D eigenvalue weighted by molar-refractivity contribution is -0.0440. The van der Waals surface area contributed by atoms with Crippen LogP contribution in [0, 0.1) is 5.92 Å². The largest absolute Gasteiger partial charge is 0.479 e. The number of ether oxygens (including phenoxy) is 2. The lowest BCUT2D eigenvalue weighted by atomic mass is 9.95. The highest BCUT2D eigenvalue weighted by Crippen LogP contribution is 2.54. The van der Waals surface area contributed by atoms with Crippen LogP contribution in [0.3, 0.4) is 0 Å². The molecular weight excluding hydrogens is 276 g/mol. The molecule has 2 N–H and O–H groups in total. The fourth-order valence-corrected chi connectivity index (χ4v) is 3.35. The van der Waals surface area contributed by atoms with Crippen LogP contribution >= 0.6 is 0 Å². The summed E-state index contributed by atoms with van der Waals surface area (Å²) in [5, 5.41) is 20.1. The van der Waals surface area contributed by atoms with Crippen LogP contribution in [-0.2, 0) is 11.3 Å². The van der Waals surface area contributed by atoms with Gasteiger partial charge in [-0.2, -0.15) is 4.98 Å². The molecule has 0 amide bonds. The molecule has 2 aromatic rings. The zero-order chi connectivity index (χ0) is 14.8. The number of aliphatic hydroxyl groups is 2. The van der Waals surface area contributed by atoms with Crippen LogP contribution < -0.4 is 4.74 Å². The first-order valence-electron chi connectivity index (χ1n) is 6.80. The Morgan fingerprint density at radius 2 is 2.14 bits per heavy atom. The number of nitrogens with zero attached hydrogens (tertiary/aromatic N) is 4.